The third-order valence-electron chi connectivity index (χ3n) is 4.13. The van der Waals surface area contributed by atoms with Crippen molar-refractivity contribution in [3.8, 4) is 22.9 Å². The van der Waals surface area contributed by atoms with Crippen LogP contribution in [-0.4, -0.2) is 53.2 Å². The molecule has 1 aromatic heterocycles. The van der Waals surface area contributed by atoms with Crippen molar-refractivity contribution in [2.24, 2.45) is 5.10 Å². The average molecular weight is 396 g/mol. The standard InChI is InChI=1S/C19H20N6O4/c1-12(13-6-5-7-15(8-13)25-11-20-23-24-25)21-22-19(26)14-9-16(27-2)18(29-4)17(10-14)28-3/h5-11H,1-4H3,(H,22,26)/b21-12-. The fourth-order valence-corrected chi connectivity index (χ4v) is 2.63. The first-order valence-electron chi connectivity index (χ1n) is 8.55. The van der Waals surface area contributed by atoms with Crippen LogP contribution in [0.4, 0.5) is 0 Å². The number of carbonyl (C=O) groups is 1. The molecule has 0 unspecified atom stereocenters. The number of aromatic nitrogens is 4. The number of tetrazole rings is 1. The Morgan fingerprint density at radius 2 is 1.76 bits per heavy atom. The van der Waals surface area contributed by atoms with Gasteiger partial charge in [-0.1, -0.05) is 12.1 Å². The van der Waals surface area contributed by atoms with E-state index in [1.165, 1.54) is 32.3 Å². The van der Waals surface area contributed by atoms with Crippen molar-refractivity contribution in [3.63, 3.8) is 0 Å². The van der Waals surface area contributed by atoms with Crippen LogP contribution in [0.25, 0.3) is 5.69 Å². The third-order valence-corrected chi connectivity index (χ3v) is 4.13. The number of nitrogens with zero attached hydrogens (tertiary/aromatic N) is 5. The molecular formula is C19H20N6O4. The van der Waals surface area contributed by atoms with Gasteiger partial charge in [-0.2, -0.15) is 5.10 Å². The Morgan fingerprint density at radius 3 is 2.34 bits per heavy atom. The van der Waals surface area contributed by atoms with E-state index in [4.69, 9.17) is 14.2 Å². The van der Waals surface area contributed by atoms with Gasteiger partial charge in [0, 0.05) is 5.56 Å². The Balaban J connectivity index is 1.81. The van der Waals surface area contributed by atoms with Gasteiger partial charge in [-0.05, 0) is 47.2 Å². The zero-order chi connectivity index (χ0) is 20.8. The first kappa shape index (κ1) is 19.8. The van der Waals surface area contributed by atoms with Gasteiger partial charge in [0.15, 0.2) is 11.5 Å². The van der Waals surface area contributed by atoms with Gasteiger partial charge in [-0.15, -0.1) is 5.10 Å². The average Bonchev–Trinajstić information content (AvgIpc) is 3.31. The van der Waals surface area contributed by atoms with Crippen LogP contribution in [0, 0.1) is 0 Å². The summed E-state index contributed by atoms with van der Waals surface area (Å²) in [6.07, 6.45) is 1.50. The molecule has 0 fully saturated rings. The molecule has 3 rings (SSSR count). The molecule has 1 amide bonds. The smallest absolute Gasteiger partial charge is 0.271 e. The van der Waals surface area contributed by atoms with Crippen LogP contribution in [0.1, 0.15) is 22.8 Å². The van der Waals surface area contributed by atoms with Crippen LogP contribution < -0.4 is 19.6 Å². The molecule has 1 N–H and O–H groups in total. The number of carbonyl (C=O) groups excluding carboxylic acids is 1. The molecule has 0 saturated carbocycles. The second-order valence-corrected chi connectivity index (χ2v) is 5.86. The summed E-state index contributed by atoms with van der Waals surface area (Å²) in [4.78, 5) is 12.6. The molecule has 0 saturated heterocycles. The summed E-state index contributed by atoms with van der Waals surface area (Å²) in [5.74, 6) is 0.754. The minimum Gasteiger partial charge on any atom is -0.493 e. The van der Waals surface area contributed by atoms with Gasteiger partial charge in [0.05, 0.1) is 32.7 Å². The van der Waals surface area contributed by atoms with Crippen LogP contribution in [0.15, 0.2) is 47.8 Å². The predicted octanol–water partition coefficient (Wildman–Crippen LogP) is 1.84. The number of nitrogens with one attached hydrogen (secondary N) is 1. The number of methoxy groups -OCH3 is 3. The number of hydrazone groups is 1. The second-order valence-electron chi connectivity index (χ2n) is 5.86. The van der Waals surface area contributed by atoms with Crippen LogP contribution >= 0.6 is 0 Å². The summed E-state index contributed by atoms with van der Waals surface area (Å²) < 4.78 is 17.3. The fraction of sp³-hybridized carbons (Fsp3) is 0.211. The third kappa shape index (κ3) is 4.32. The highest BCUT2D eigenvalue weighted by molar-refractivity contribution is 6.01. The van der Waals surface area contributed by atoms with Crippen LogP contribution in [0.2, 0.25) is 0 Å². The van der Waals surface area contributed by atoms with E-state index in [-0.39, 0.29) is 0 Å². The van der Waals surface area contributed by atoms with E-state index in [2.05, 4.69) is 26.1 Å². The number of benzene rings is 2. The lowest BCUT2D eigenvalue weighted by Gasteiger charge is -2.13. The molecule has 0 atom stereocenters. The summed E-state index contributed by atoms with van der Waals surface area (Å²) in [6.45, 7) is 1.79. The number of rotatable bonds is 7. The maximum Gasteiger partial charge on any atom is 0.271 e. The molecule has 0 bridgehead atoms. The quantitative estimate of drug-likeness (QED) is 0.479. The molecule has 10 heteroatoms. The molecule has 0 aliphatic carbocycles. The molecule has 3 aromatic rings. The van der Waals surface area contributed by atoms with E-state index in [9.17, 15) is 4.79 Å². The SMILES string of the molecule is COc1cc(C(=O)N/N=C(/C)c2cccc(-n3cnnn3)c2)cc(OC)c1OC. The summed E-state index contributed by atoms with van der Waals surface area (Å²) in [6, 6.07) is 10.6. The van der Waals surface area contributed by atoms with Gasteiger partial charge in [0.2, 0.25) is 5.75 Å². The Kier molecular flexibility index (Phi) is 6.03. The number of hydrogen-bond donors (Lipinski definition) is 1. The lowest BCUT2D eigenvalue weighted by atomic mass is 10.1. The molecule has 0 radical (unpaired) electrons. The first-order valence-corrected chi connectivity index (χ1v) is 8.55. The minimum absolute atomic E-state index is 0.318. The van der Waals surface area contributed by atoms with E-state index in [0.29, 0.717) is 28.5 Å². The number of ether oxygens (including phenoxy) is 3. The molecule has 10 nitrogen and oxygen atoms in total. The van der Waals surface area contributed by atoms with E-state index in [1.807, 2.05) is 24.3 Å². The monoisotopic (exact) mass is 396 g/mol. The summed E-state index contributed by atoms with van der Waals surface area (Å²) in [5, 5.41) is 15.3. The Bertz CT molecular complexity index is 1010. The van der Waals surface area contributed by atoms with E-state index < -0.39 is 5.91 Å². The molecule has 0 aliphatic rings. The highest BCUT2D eigenvalue weighted by Gasteiger charge is 2.17. The molecule has 2 aromatic carbocycles. The molecule has 0 aliphatic heterocycles. The zero-order valence-corrected chi connectivity index (χ0v) is 16.4. The number of amides is 1. The summed E-state index contributed by atoms with van der Waals surface area (Å²) in [5.41, 5.74) is 5.06. The highest BCUT2D eigenvalue weighted by Crippen LogP contribution is 2.38. The topological polar surface area (TPSA) is 113 Å². The van der Waals surface area contributed by atoms with Crippen molar-refractivity contribution < 1.29 is 19.0 Å². The normalized spacial score (nSPS) is 11.1. The van der Waals surface area contributed by atoms with E-state index >= 15 is 0 Å². The van der Waals surface area contributed by atoms with Crippen molar-refractivity contribution in [3.05, 3.63) is 53.9 Å². The van der Waals surface area contributed by atoms with Gasteiger partial charge in [0.1, 0.15) is 6.33 Å². The first-order chi connectivity index (χ1) is 14.1. The van der Waals surface area contributed by atoms with E-state index in [1.54, 1.807) is 19.1 Å². The zero-order valence-electron chi connectivity index (χ0n) is 16.4. The maximum atomic E-state index is 12.6. The Labute approximate surface area is 167 Å². The van der Waals surface area contributed by atoms with Crippen molar-refractivity contribution in [2.75, 3.05) is 21.3 Å². The molecule has 29 heavy (non-hydrogen) atoms. The Morgan fingerprint density at radius 1 is 1.03 bits per heavy atom. The van der Waals surface area contributed by atoms with Crippen molar-refractivity contribution in [1.29, 1.82) is 0 Å². The van der Waals surface area contributed by atoms with Gasteiger partial charge >= 0.3 is 0 Å². The minimum atomic E-state index is -0.416. The Hall–Kier alpha value is -3.95. The molecule has 1 heterocycles. The molecule has 0 spiro atoms. The van der Waals surface area contributed by atoms with Crippen LogP contribution in [0.5, 0.6) is 17.2 Å². The number of hydrogen-bond acceptors (Lipinski definition) is 8. The predicted molar refractivity (Wildman–Crippen MR) is 105 cm³/mol. The second kappa shape index (κ2) is 8.83. The largest absolute Gasteiger partial charge is 0.493 e. The van der Waals surface area contributed by atoms with Gasteiger partial charge in [-0.3, -0.25) is 4.79 Å². The van der Waals surface area contributed by atoms with Crippen molar-refractivity contribution in [2.45, 2.75) is 6.92 Å². The van der Waals surface area contributed by atoms with Gasteiger partial charge < -0.3 is 14.2 Å². The molecule has 150 valence electrons. The summed E-state index contributed by atoms with van der Waals surface area (Å²) in [7, 11) is 4.47. The fourth-order valence-electron chi connectivity index (χ4n) is 2.63. The van der Waals surface area contributed by atoms with Gasteiger partial charge in [0.25, 0.3) is 5.91 Å². The highest BCUT2D eigenvalue weighted by atomic mass is 16.5. The van der Waals surface area contributed by atoms with Crippen LogP contribution in [-0.2, 0) is 0 Å². The summed E-state index contributed by atoms with van der Waals surface area (Å²) >= 11 is 0. The lowest BCUT2D eigenvalue weighted by molar-refractivity contribution is 0.0954. The van der Waals surface area contributed by atoms with Crippen molar-refractivity contribution in [1.82, 2.24) is 25.6 Å². The van der Waals surface area contributed by atoms with Crippen LogP contribution in [0.3, 0.4) is 0 Å². The van der Waals surface area contributed by atoms with Crippen molar-refractivity contribution >= 4 is 11.6 Å². The van der Waals surface area contributed by atoms with Gasteiger partial charge in [-0.25, -0.2) is 10.1 Å². The molecular weight excluding hydrogens is 376 g/mol. The maximum absolute atomic E-state index is 12.6. The lowest BCUT2D eigenvalue weighted by Crippen LogP contribution is -2.19. The van der Waals surface area contributed by atoms with E-state index in [0.717, 1.165) is 11.3 Å².